The SMILES string of the molecule is CCCCCCCCc1cncc(C)c1.O=CO. The van der Waals surface area contributed by atoms with Gasteiger partial charge in [-0.2, -0.15) is 0 Å². The lowest BCUT2D eigenvalue weighted by molar-refractivity contribution is -0.122. The number of unbranched alkanes of at least 4 members (excludes halogenated alkanes) is 5. The van der Waals surface area contributed by atoms with Crippen molar-refractivity contribution in [1.29, 1.82) is 0 Å². The third kappa shape index (κ3) is 9.82. The zero-order valence-corrected chi connectivity index (χ0v) is 11.6. The molecule has 0 bridgehead atoms. The monoisotopic (exact) mass is 251 g/mol. The number of rotatable bonds is 7. The van der Waals surface area contributed by atoms with E-state index in [1.165, 1.54) is 56.1 Å². The average molecular weight is 251 g/mol. The van der Waals surface area contributed by atoms with E-state index in [2.05, 4.69) is 24.9 Å². The molecule has 3 heteroatoms. The third-order valence-corrected chi connectivity index (χ3v) is 2.75. The van der Waals surface area contributed by atoms with Crippen LogP contribution < -0.4 is 0 Å². The normalized spacial score (nSPS) is 9.44. The number of carboxylic acid groups (broad SMARTS) is 1. The van der Waals surface area contributed by atoms with Gasteiger partial charge in [-0.3, -0.25) is 9.78 Å². The summed E-state index contributed by atoms with van der Waals surface area (Å²) in [6.07, 6.45) is 13.3. The van der Waals surface area contributed by atoms with Crippen molar-refractivity contribution in [2.75, 3.05) is 0 Å². The molecule has 1 N–H and O–H groups in total. The number of hydrogen-bond donors (Lipinski definition) is 1. The summed E-state index contributed by atoms with van der Waals surface area (Å²) in [5.74, 6) is 0. The molecule has 1 aromatic rings. The Bertz CT molecular complexity index is 313. The Morgan fingerprint density at radius 2 is 1.78 bits per heavy atom. The number of pyridine rings is 1. The first kappa shape index (κ1) is 16.6. The molecule has 0 aliphatic rings. The van der Waals surface area contributed by atoms with E-state index in [0.29, 0.717) is 0 Å². The number of hydrogen-bond acceptors (Lipinski definition) is 2. The van der Waals surface area contributed by atoms with Crippen LogP contribution in [0, 0.1) is 6.92 Å². The minimum absolute atomic E-state index is 0.250. The highest BCUT2D eigenvalue weighted by atomic mass is 16.3. The molecular formula is C15H25NO2. The fraction of sp³-hybridized carbons (Fsp3) is 0.600. The molecule has 0 aromatic carbocycles. The second-order valence-electron chi connectivity index (χ2n) is 4.49. The summed E-state index contributed by atoms with van der Waals surface area (Å²) in [5.41, 5.74) is 2.67. The Balaban J connectivity index is 0.000000873. The third-order valence-electron chi connectivity index (χ3n) is 2.75. The molecule has 0 spiro atoms. The van der Waals surface area contributed by atoms with E-state index < -0.39 is 0 Å². The van der Waals surface area contributed by atoms with Crippen LogP contribution in [-0.2, 0) is 11.2 Å². The van der Waals surface area contributed by atoms with E-state index in [0.717, 1.165) is 0 Å². The van der Waals surface area contributed by atoms with Crippen LogP contribution in [0.5, 0.6) is 0 Å². The minimum atomic E-state index is -0.250. The molecule has 1 heterocycles. The summed E-state index contributed by atoms with van der Waals surface area (Å²) in [7, 11) is 0. The molecule has 3 nitrogen and oxygen atoms in total. The van der Waals surface area contributed by atoms with Crippen LogP contribution in [-0.4, -0.2) is 16.6 Å². The van der Waals surface area contributed by atoms with Crippen LogP contribution in [0.3, 0.4) is 0 Å². The van der Waals surface area contributed by atoms with E-state index in [4.69, 9.17) is 9.90 Å². The first-order chi connectivity index (χ1) is 8.74. The molecule has 0 aliphatic heterocycles. The van der Waals surface area contributed by atoms with Crippen molar-refractivity contribution in [2.45, 2.75) is 58.8 Å². The van der Waals surface area contributed by atoms with Crippen LogP contribution in [0.15, 0.2) is 18.5 Å². The molecule has 0 radical (unpaired) electrons. The summed E-state index contributed by atoms with van der Waals surface area (Å²) in [6.45, 7) is 4.12. The summed E-state index contributed by atoms with van der Waals surface area (Å²) >= 11 is 0. The van der Waals surface area contributed by atoms with Crippen molar-refractivity contribution in [3.63, 3.8) is 0 Å². The highest BCUT2D eigenvalue weighted by Crippen LogP contribution is 2.09. The Kier molecular flexibility index (Phi) is 11.2. The lowest BCUT2D eigenvalue weighted by Crippen LogP contribution is -1.88. The van der Waals surface area contributed by atoms with Gasteiger partial charge in [-0.25, -0.2) is 0 Å². The summed E-state index contributed by atoms with van der Waals surface area (Å²) < 4.78 is 0. The topological polar surface area (TPSA) is 50.2 Å². The number of aryl methyl sites for hydroxylation is 2. The smallest absolute Gasteiger partial charge is 0.290 e. The quantitative estimate of drug-likeness (QED) is 0.588. The lowest BCUT2D eigenvalue weighted by Gasteiger charge is -2.02. The van der Waals surface area contributed by atoms with Gasteiger partial charge in [-0.05, 0) is 30.9 Å². The minimum Gasteiger partial charge on any atom is -0.483 e. The molecule has 18 heavy (non-hydrogen) atoms. The summed E-state index contributed by atoms with van der Waals surface area (Å²) in [6, 6.07) is 2.25. The standard InChI is InChI=1S/C14H23N.CH2O2/c1-3-4-5-6-7-8-9-14-10-13(2)11-15-12-14;2-1-3/h10-12H,3-9H2,1-2H3;1H,(H,2,3). The zero-order valence-electron chi connectivity index (χ0n) is 11.6. The van der Waals surface area contributed by atoms with E-state index >= 15 is 0 Å². The van der Waals surface area contributed by atoms with Crippen molar-refractivity contribution in [3.8, 4) is 0 Å². The molecule has 1 aromatic heterocycles. The van der Waals surface area contributed by atoms with E-state index in [1.807, 2.05) is 12.4 Å². The van der Waals surface area contributed by atoms with Gasteiger partial charge >= 0.3 is 0 Å². The van der Waals surface area contributed by atoms with Gasteiger partial charge in [-0.15, -0.1) is 0 Å². The molecule has 0 unspecified atom stereocenters. The van der Waals surface area contributed by atoms with Crippen LogP contribution in [0.25, 0.3) is 0 Å². The maximum absolute atomic E-state index is 8.36. The first-order valence-corrected chi connectivity index (χ1v) is 6.73. The molecule has 0 aliphatic carbocycles. The Morgan fingerprint density at radius 3 is 2.39 bits per heavy atom. The van der Waals surface area contributed by atoms with Crippen LogP contribution in [0.1, 0.15) is 56.6 Å². The molecule has 0 amide bonds. The summed E-state index contributed by atoms with van der Waals surface area (Å²) in [4.78, 5) is 12.6. The molecule has 0 fully saturated rings. The molecule has 0 saturated carbocycles. The molecular weight excluding hydrogens is 226 g/mol. The fourth-order valence-electron chi connectivity index (χ4n) is 1.86. The van der Waals surface area contributed by atoms with Gasteiger partial charge in [0.05, 0.1) is 0 Å². The lowest BCUT2D eigenvalue weighted by atomic mass is 10.1. The second kappa shape index (κ2) is 12.1. The Hall–Kier alpha value is -1.38. The van der Waals surface area contributed by atoms with Crippen molar-refractivity contribution < 1.29 is 9.90 Å². The van der Waals surface area contributed by atoms with Gasteiger partial charge in [0.1, 0.15) is 0 Å². The number of aromatic nitrogens is 1. The number of nitrogens with zero attached hydrogens (tertiary/aromatic N) is 1. The van der Waals surface area contributed by atoms with E-state index in [-0.39, 0.29) is 6.47 Å². The van der Waals surface area contributed by atoms with Gasteiger partial charge in [-0.1, -0.05) is 45.1 Å². The predicted octanol–water partition coefficient (Wildman–Crippen LogP) is 3.99. The van der Waals surface area contributed by atoms with Gasteiger partial charge in [0.2, 0.25) is 0 Å². The van der Waals surface area contributed by atoms with Crippen molar-refractivity contribution in [2.24, 2.45) is 0 Å². The maximum Gasteiger partial charge on any atom is 0.290 e. The summed E-state index contributed by atoms with van der Waals surface area (Å²) in [5, 5.41) is 6.89. The van der Waals surface area contributed by atoms with E-state index in [1.54, 1.807) is 0 Å². The first-order valence-electron chi connectivity index (χ1n) is 6.73. The maximum atomic E-state index is 8.36. The van der Waals surface area contributed by atoms with Crippen molar-refractivity contribution in [3.05, 3.63) is 29.6 Å². The molecule has 0 atom stereocenters. The highest BCUT2D eigenvalue weighted by molar-refractivity contribution is 5.32. The van der Waals surface area contributed by atoms with Crippen molar-refractivity contribution >= 4 is 6.47 Å². The Labute approximate surface area is 110 Å². The average Bonchev–Trinajstić information content (AvgIpc) is 2.35. The van der Waals surface area contributed by atoms with Gasteiger partial charge in [0.25, 0.3) is 6.47 Å². The fourth-order valence-corrected chi connectivity index (χ4v) is 1.86. The predicted molar refractivity (Wildman–Crippen MR) is 74.7 cm³/mol. The largest absolute Gasteiger partial charge is 0.483 e. The van der Waals surface area contributed by atoms with Gasteiger partial charge in [0.15, 0.2) is 0 Å². The van der Waals surface area contributed by atoms with Gasteiger partial charge < -0.3 is 5.11 Å². The molecule has 102 valence electrons. The van der Waals surface area contributed by atoms with Crippen molar-refractivity contribution in [1.82, 2.24) is 4.98 Å². The van der Waals surface area contributed by atoms with Gasteiger partial charge in [0, 0.05) is 12.4 Å². The molecule has 0 saturated heterocycles. The zero-order chi connectivity index (χ0) is 13.6. The van der Waals surface area contributed by atoms with Crippen LogP contribution in [0.2, 0.25) is 0 Å². The van der Waals surface area contributed by atoms with Crippen LogP contribution >= 0.6 is 0 Å². The Morgan fingerprint density at radius 1 is 1.17 bits per heavy atom. The van der Waals surface area contributed by atoms with Crippen LogP contribution in [0.4, 0.5) is 0 Å². The number of carbonyl (C=O) groups is 1. The highest BCUT2D eigenvalue weighted by Gasteiger charge is 1.94. The van der Waals surface area contributed by atoms with E-state index in [9.17, 15) is 0 Å². The second-order valence-corrected chi connectivity index (χ2v) is 4.49. The molecule has 1 rings (SSSR count).